The van der Waals surface area contributed by atoms with Crippen LogP contribution >= 0.6 is 0 Å². The first-order valence-corrected chi connectivity index (χ1v) is 11.0. The van der Waals surface area contributed by atoms with Crippen molar-refractivity contribution in [3.8, 4) is 0 Å². The van der Waals surface area contributed by atoms with Crippen molar-refractivity contribution in [2.75, 3.05) is 11.1 Å². The van der Waals surface area contributed by atoms with Gasteiger partial charge in [-0.25, -0.2) is 14.4 Å². The van der Waals surface area contributed by atoms with Gasteiger partial charge in [0.2, 0.25) is 0 Å². The number of anilines is 2. The molecule has 0 fully saturated rings. The molecule has 4 aromatic rings. The summed E-state index contributed by atoms with van der Waals surface area (Å²) in [5.41, 5.74) is 10.8. The second-order valence-electron chi connectivity index (χ2n) is 8.49. The molecule has 0 radical (unpaired) electrons. The standard InChI is InChI=1S/C24H23FN8O2/c1-13-5-21(26)29-14(2)18(13)8-27-23(34)20-12-32-10-16-4-3-15(9-33-11-17(25)7-28-33)6-19(16)31-24(35)22(32)30-20/h3-7,11-12H,8-10H2,1-2H3,(H2,26,29)(H,27,34)(H,31,35). The third-order valence-corrected chi connectivity index (χ3v) is 5.92. The van der Waals surface area contributed by atoms with Crippen molar-refractivity contribution in [1.82, 2.24) is 29.6 Å². The SMILES string of the molecule is Cc1cc(N)nc(C)c1CNC(=O)c1cn2c(n1)C(=O)Nc1cc(Cn3cc(F)cn3)ccc1C2. The molecule has 3 aromatic heterocycles. The van der Waals surface area contributed by atoms with Crippen LogP contribution in [-0.4, -0.2) is 36.1 Å². The van der Waals surface area contributed by atoms with Gasteiger partial charge in [0.15, 0.2) is 11.6 Å². The van der Waals surface area contributed by atoms with Gasteiger partial charge in [0.1, 0.15) is 11.5 Å². The van der Waals surface area contributed by atoms with Crippen LogP contribution in [0.2, 0.25) is 0 Å². The van der Waals surface area contributed by atoms with Gasteiger partial charge >= 0.3 is 0 Å². The molecule has 0 unspecified atom stereocenters. The molecular weight excluding hydrogens is 451 g/mol. The Labute approximate surface area is 200 Å². The van der Waals surface area contributed by atoms with Crippen LogP contribution in [0.25, 0.3) is 0 Å². The number of nitrogens with one attached hydrogen (secondary N) is 2. The minimum Gasteiger partial charge on any atom is -0.384 e. The van der Waals surface area contributed by atoms with E-state index in [1.54, 1.807) is 16.8 Å². The van der Waals surface area contributed by atoms with Crippen LogP contribution < -0.4 is 16.4 Å². The van der Waals surface area contributed by atoms with Gasteiger partial charge in [0.05, 0.1) is 25.5 Å². The summed E-state index contributed by atoms with van der Waals surface area (Å²) in [6.45, 7) is 4.74. The van der Waals surface area contributed by atoms with Crippen LogP contribution in [-0.2, 0) is 19.6 Å². The van der Waals surface area contributed by atoms with Crippen LogP contribution in [0.5, 0.6) is 0 Å². The number of aryl methyl sites for hydroxylation is 2. The Kier molecular flexibility index (Phi) is 5.51. The smallest absolute Gasteiger partial charge is 0.291 e. The Morgan fingerprint density at radius 1 is 1.23 bits per heavy atom. The molecule has 0 spiro atoms. The summed E-state index contributed by atoms with van der Waals surface area (Å²) in [5, 5.41) is 9.66. The number of nitrogen functional groups attached to an aromatic ring is 1. The van der Waals surface area contributed by atoms with Gasteiger partial charge in [0.25, 0.3) is 11.8 Å². The molecule has 0 saturated carbocycles. The topological polar surface area (TPSA) is 133 Å². The average molecular weight is 475 g/mol. The van der Waals surface area contributed by atoms with Gasteiger partial charge in [-0.2, -0.15) is 5.10 Å². The van der Waals surface area contributed by atoms with Gasteiger partial charge in [-0.15, -0.1) is 0 Å². The minimum atomic E-state index is -0.417. The fourth-order valence-corrected chi connectivity index (χ4v) is 4.19. The molecule has 10 nitrogen and oxygen atoms in total. The van der Waals surface area contributed by atoms with Gasteiger partial charge in [0, 0.05) is 24.1 Å². The molecule has 4 N–H and O–H groups in total. The highest BCUT2D eigenvalue weighted by Crippen LogP contribution is 2.24. The zero-order valence-electron chi connectivity index (χ0n) is 19.2. The Bertz CT molecular complexity index is 1450. The Morgan fingerprint density at radius 2 is 2.06 bits per heavy atom. The molecule has 178 valence electrons. The normalized spacial score (nSPS) is 12.5. The molecule has 1 aliphatic heterocycles. The summed E-state index contributed by atoms with van der Waals surface area (Å²) < 4.78 is 16.3. The van der Waals surface area contributed by atoms with E-state index in [-0.39, 0.29) is 18.1 Å². The summed E-state index contributed by atoms with van der Waals surface area (Å²) in [5.74, 6) is -0.644. The summed E-state index contributed by atoms with van der Waals surface area (Å²) in [6, 6.07) is 7.37. The summed E-state index contributed by atoms with van der Waals surface area (Å²) in [4.78, 5) is 34.2. The molecule has 4 heterocycles. The Balaban J connectivity index is 1.33. The Hall–Kier alpha value is -4.54. The number of imidazole rings is 1. The predicted molar refractivity (Wildman–Crippen MR) is 126 cm³/mol. The molecule has 1 aromatic carbocycles. The van der Waals surface area contributed by atoms with Gasteiger partial charge in [-0.3, -0.25) is 14.3 Å². The third-order valence-electron chi connectivity index (χ3n) is 5.92. The van der Waals surface area contributed by atoms with Crippen molar-refractivity contribution in [2.24, 2.45) is 0 Å². The first kappa shape index (κ1) is 22.3. The van der Waals surface area contributed by atoms with E-state index in [9.17, 15) is 14.0 Å². The maximum absolute atomic E-state index is 13.2. The molecule has 35 heavy (non-hydrogen) atoms. The molecule has 11 heteroatoms. The van der Waals surface area contributed by atoms with Crippen molar-refractivity contribution in [2.45, 2.75) is 33.5 Å². The number of nitrogens with zero attached hydrogens (tertiary/aromatic N) is 5. The number of benzene rings is 1. The molecule has 2 amide bonds. The minimum absolute atomic E-state index is 0.142. The number of amides is 2. The van der Waals surface area contributed by atoms with E-state index in [1.807, 2.05) is 32.0 Å². The highest BCUT2D eigenvalue weighted by molar-refractivity contribution is 6.04. The molecule has 5 rings (SSSR count). The first-order valence-electron chi connectivity index (χ1n) is 11.0. The van der Waals surface area contributed by atoms with E-state index >= 15 is 0 Å². The fourth-order valence-electron chi connectivity index (χ4n) is 4.19. The predicted octanol–water partition coefficient (Wildman–Crippen LogP) is 2.41. The van der Waals surface area contributed by atoms with E-state index in [1.165, 1.54) is 10.9 Å². The van der Waals surface area contributed by atoms with E-state index in [2.05, 4.69) is 25.7 Å². The van der Waals surface area contributed by atoms with Crippen molar-refractivity contribution in [3.63, 3.8) is 0 Å². The van der Waals surface area contributed by atoms with E-state index in [4.69, 9.17) is 5.73 Å². The highest BCUT2D eigenvalue weighted by Gasteiger charge is 2.24. The average Bonchev–Trinajstić information content (AvgIpc) is 3.37. The van der Waals surface area contributed by atoms with Crippen LogP contribution in [0.15, 0.2) is 42.9 Å². The summed E-state index contributed by atoms with van der Waals surface area (Å²) >= 11 is 0. The lowest BCUT2D eigenvalue weighted by molar-refractivity contribution is 0.0946. The van der Waals surface area contributed by atoms with Crippen LogP contribution in [0.1, 0.15) is 49.1 Å². The number of hydrogen-bond acceptors (Lipinski definition) is 6. The maximum atomic E-state index is 13.2. The number of fused-ring (bicyclic) bond motifs is 2. The van der Waals surface area contributed by atoms with Crippen molar-refractivity contribution >= 4 is 23.3 Å². The Morgan fingerprint density at radius 3 is 2.80 bits per heavy atom. The zero-order chi connectivity index (χ0) is 24.7. The number of halogens is 1. The maximum Gasteiger partial charge on any atom is 0.291 e. The lowest BCUT2D eigenvalue weighted by atomic mass is 10.1. The quantitative estimate of drug-likeness (QED) is 0.407. The number of pyridine rings is 1. The zero-order valence-corrected chi connectivity index (χ0v) is 19.2. The highest BCUT2D eigenvalue weighted by atomic mass is 19.1. The van der Waals surface area contributed by atoms with Gasteiger partial charge in [-0.05, 0) is 48.2 Å². The lowest BCUT2D eigenvalue weighted by Gasteiger charge is -2.11. The van der Waals surface area contributed by atoms with E-state index in [0.29, 0.717) is 24.6 Å². The van der Waals surface area contributed by atoms with E-state index < -0.39 is 17.6 Å². The second-order valence-corrected chi connectivity index (χ2v) is 8.49. The number of carbonyl (C=O) groups excluding carboxylic acids is 2. The molecule has 0 atom stereocenters. The first-order chi connectivity index (χ1) is 16.8. The number of rotatable bonds is 5. The van der Waals surface area contributed by atoms with Crippen molar-refractivity contribution < 1.29 is 14.0 Å². The number of nitrogens with two attached hydrogens (primary N) is 1. The molecular formula is C24H23FN8O2. The van der Waals surface area contributed by atoms with Crippen LogP contribution in [0, 0.1) is 19.7 Å². The summed E-state index contributed by atoms with van der Waals surface area (Å²) in [7, 11) is 0. The number of hydrogen-bond donors (Lipinski definition) is 3. The van der Waals surface area contributed by atoms with E-state index in [0.717, 1.165) is 34.1 Å². The molecule has 0 bridgehead atoms. The molecule has 0 aliphatic carbocycles. The molecule has 1 aliphatic rings. The lowest BCUT2D eigenvalue weighted by Crippen LogP contribution is -2.24. The van der Waals surface area contributed by atoms with Gasteiger partial charge < -0.3 is 20.9 Å². The largest absolute Gasteiger partial charge is 0.384 e. The van der Waals surface area contributed by atoms with Crippen molar-refractivity contribution in [3.05, 3.63) is 88.1 Å². The van der Waals surface area contributed by atoms with Crippen molar-refractivity contribution in [1.29, 1.82) is 0 Å². The monoisotopic (exact) mass is 474 g/mol. The van der Waals surface area contributed by atoms with Crippen LogP contribution in [0.3, 0.4) is 0 Å². The number of aromatic nitrogens is 5. The summed E-state index contributed by atoms with van der Waals surface area (Å²) in [6.07, 6.45) is 4.02. The fraction of sp³-hybridized carbons (Fsp3) is 0.208. The number of carbonyl (C=O) groups is 2. The molecule has 0 saturated heterocycles. The van der Waals surface area contributed by atoms with Crippen LogP contribution in [0.4, 0.5) is 15.9 Å². The second kappa shape index (κ2) is 8.67. The third kappa shape index (κ3) is 4.47. The van der Waals surface area contributed by atoms with Gasteiger partial charge in [-0.1, -0.05) is 12.1 Å².